The number of hydrogen-bond donors (Lipinski definition) is 2. The Morgan fingerprint density at radius 3 is 2.62 bits per heavy atom. The van der Waals surface area contributed by atoms with E-state index < -0.39 is 0 Å². The molecule has 1 aliphatic heterocycles. The lowest BCUT2D eigenvalue weighted by Crippen LogP contribution is -2.46. The number of aromatic nitrogens is 2. The van der Waals surface area contributed by atoms with Crippen LogP contribution in [0.4, 0.5) is 0 Å². The van der Waals surface area contributed by atoms with E-state index in [1.807, 2.05) is 18.7 Å². The summed E-state index contributed by atoms with van der Waals surface area (Å²) < 4.78 is 8.60. The van der Waals surface area contributed by atoms with Crippen LogP contribution in [-0.2, 0) is 13.1 Å². The van der Waals surface area contributed by atoms with Crippen molar-refractivity contribution in [3.63, 3.8) is 0 Å². The van der Waals surface area contributed by atoms with Crippen LogP contribution in [0.5, 0.6) is 5.75 Å². The van der Waals surface area contributed by atoms with Crippen molar-refractivity contribution in [2.24, 2.45) is 4.99 Å². The molecule has 1 aliphatic carbocycles. The van der Waals surface area contributed by atoms with Crippen LogP contribution in [0.1, 0.15) is 61.8 Å². The number of ether oxygens (including phenoxy) is 1. The Morgan fingerprint density at radius 1 is 1.12 bits per heavy atom. The van der Waals surface area contributed by atoms with Gasteiger partial charge in [-0.2, -0.15) is 0 Å². The molecule has 7 heteroatoms. The van der Waals surface area contributed by atoms with Gasteiger partial charge in [0.2, 0.25) is 0 Å². The van der Waals surface area contributed by atoms with Crippen LogP contribution in [0.15, 0.2) is 72.2 Å². The van der Waals surface area contributed by atoms with Gasteiger partial charge in [-0.1, -0.05) is 42.5 Å². The molecule has 1 atom stereocenters. The zero-order chi connectivity index (χ0) is 22.5. The second-order valence-corrected chi connectivity index (χ2v) is 9.18. The number of imidazole rings is 1. The molecular weight excluding hydrogens is 537 g/mol. The maximum Gasteiger partial charge on any atom is 0.192 e. The molecule has 2 aliphatic rings. The Bertz CT molecular complexity index is 1070. The molecule has 3 aromatic rings. The minimum Gasteiger partial charge on any atom is -0.487 e. The van der Waals surface area contributed by atoms with Gasteiger partial charge < -0.3 is 19.9 Å². The van der Waals surface area contributed by atoms with Crippen molar-refractivity contribution in [2.75, 3.05) is 6.54 Å². The fourth-order valence-electron chi connectivity index (χ4n) is 5.07. The normalized spacial score (nSPS) is 18.6. The van der Waals surface area contributed by atoms with Crippen molar-refractivity contribution in [3.8, 4) is 5.75 Å². The topological polar surface area (TPSA) is 63.5 Å². The van der Waals surface area contributed by atoms with Crippen LogP contribution in [0.3, 0.4) is 0 Å². The minimum absolute atomic E-state index is 0. The smallest absolute Gasteiger partial charge is 0.192 e. The van der Waals surface area contributed by atoms with E-state index in [-0.39, 0.29) is 35.6 Å². The Hall–Kier alpha value is -2.55. The summed E-state index contributed by atoms with van der Waals surface area (Å²) in [4.78, 5) is 9.02. The second kappa shape index (κ2) is 11.3. The number of fused-ring (bicyclic) bond motifs is 1. The number of rotatable bonds is 6. The highest BCUT2D eigenvalue weighted by atomic mass is 127. The molecule has 2 heterocycles. The highest BCUT2D eigenvalue weighted by Crippen LogP contribution is 2.46. The number of halogens is 1. The molecule has 34 heavy (non-hydrogen) atoms. The molecule has 0 amide bonds. The zero-order valence-corrected chi connectivity index (χ0v) is 22.1. The zero-order valence-electron chi connectivity index (χ0n) is 19.7. The number of hydrogen-bond acceptors (Lipinski definition) is 3. The lowest BCUT2D eigenvalue weighted by atomic mass is 9.86. The molecule has 180 valence electrons. The van der Waals surface area contributed by atoms with Gasteiger partial charge in [-0.25, -0.2) is 9.98 Å². The van der Waals surface area contributed by atoms with Crippen LogP contribution in [0.2, 0.25) is 0 Å². The predicted molar refractivity (Wildman–Crippen MR) is 147 cm³/mol. The molecular formula is C27H34IN5O. The first-order valence-electron chi connectivity index (χ1n) is 12.1. The SMILES string of the molecule is CCNC(=NCc1ccc(Cn2ccnc2)cc1)NC1CC2(CCCC2)Oc2ccccc21.I. The third-order valence-corrected chi connectivity index (χ3v) is 6.73. The molecule has 0 saturated heterocycles. The van der Waals surface area contributed by atoms with Crippen LogP contribution >= 0.6 is 24.0 Å². The lowest BCUT2D eigenvalue weighted by Gasteiger charge is -2.40. The molecule has 1 saturated carbocycles. The van der Waals surface area contributed by atoms with Gasteiger partial charge in [0.15, 0.2) is 5.96 Å². The summed E-state index contributed by atoms with van der Waals surface area (Å²) in [5, 5.41) is 7.16. The Labute approximate surface area is 219 Å². The van der Waals surface area contributed by atoms with Crippen LogP contribution in [-0.4, -0.2) is 27.7 Å². The lowest BCUT2D eigenvalue weighted by molar-refractivity contribution is 0.0396. The maximum absolute atomic E-state index is 6.52. The number of para-hydroxylation sites is 1. The van der Waals surface area contributed by atoms with E-state index in [4.69, 9.17) is 9.73 Å². The van der Waals surface area contributed by atoms with E-state index in [2.05, 4.69) is 75.6 Å². The van der Waals surface area contributed by atoms with Gasteiger partial charge in [0, 0.05) is 37.5 Å². The third kappa shape index (κ3) is 5.74. The number of guanidine groups is 1. The number of nitrogens with zero attached hydrogens (tertiary/aromatic N) is 3. The average Bonchev–Trinajstić information content (AvgIpc) is 3.51. The van der Waals surface area contributed by atoms with E-state index in [1.165, 1.54) is 29.5 Å². The van der Waals surface area contributed by atoms with Crippen molar-refractivity contribution < 1.29 is 4.74 Å². The van der Waals surface area contributed by atoms with Gasteiger partial charge >= 0.3 is 0 Å². The molecule has 0 radical (unpaired) electrons. The van der Waals surface area contributed by atoms with E-state index in [9.17, 15) is 0 Å². The highest BCUT2D eigenvalue weighted by Gasteiger charge is 2.43. The van der Waals surface area contributed by atoms with Crippen LogP contribution in [0, 0.1) is 0 Å². The Kier molecular flexibility index (Phi) is 8.13. The molecule has 1 fully saturated rings. The number of benzene rings is 2. The van der Waals surface area contributed by atoms with Gasteiger partial charge in [-0.05, 0) is 49.8 Å². The first-order chi connectivity index (χ1) is 16.2. The minimum atomic E-state index is -0.0333. The summed E-state index contributed by atoms with van der Waals surface area (Å²) in [6, 6.07) is 17.3. The molecule has 6 nitrogen and oxygen atoms in total. The number of nitrogens with one attached hydrogen (secondary N) is 2. The first-order valence-corrected chi connectivity index (χ1v) is 12.1. The highest BCUT2D eigenvalue weighted by molar-refractivity contribution is 14.0. The van der Waals surface area contributed by atoms with Crippen molar-refractivity contribution >= 4 is 29.9 Å². The molecule has 2 aromatic carbocycles. The summed E-state index contributed by atoms with van der Waals surface area (Å²) in [5.41, 5.74) is 3.64. The van der Waals surface area contributed by atoms with E-state index in [0.29, 0.717) is 6.54 Å². The molecule has 5 rings (SSSR count). The summed E-state index contributed by atoms with van der Waals surface area (Å²) in [5.74, 6) is 1.88. The standard InChI is InChI=1S/C27H33N5O.HI/c1-2-29-26(30-18-21-9-11-22(12-10-21)19-32-16-15-28-20-32)31-24-17-27(13-5-6-14-27)33-25-8-4-3-7-23(24)25;/h3-4,7-12,15-16,20,24H,2,5-6,13-14,17-19H2,1H3,(H2,29,30,31);1H. The fraction of sp³-hybridized carbons (Fsp3) is 0.407. The van der Waals surface area contributed by atoms with Gasteiger partial charge in [0.05, 0.1) is 18.9 Å². The predicted octanol–water partition coefficient (Wildman–Crippen LogP) is 5.44. The first kappa shape index (κ1) is 24.6. The van der Waals surface area contributed by atoms with E-state index >= 15 is 0 Å². The largest absolute Gasteiger partial charge is 0.487 e. The summed E-state index contributed by atoms with van der Waals surface area (Å²) in [6.07, 6.45) is 11.4. The number of aliphatic imine (C=N–C) groups is 1. The van der Waals surface area contributed by atoms with Gasteiger partial charge in [0.25, 0.3) is 0 Å². The average molecular weight is 572 g/mol. The van der Waals surface area contributed by atoms with Gasteiger partial charge in [-0.15, -0.1) is 24.0 Å². The monoisotopic (exact) mass is 571 g/mol. The molecule has 1 spiro atoms. The van der Waals surface area contributed by atoms with Crippen molar-refractivity contribution in [2.45, 2.75) is 63.8 Å². The van der Waals surface area contributed by atoms with Crippen molar-refractivity contribution in [1.82, 2.24) is 20.2 Å². The molecule has 1 aromatic heterocycles. The second-order valence-electron chi connectivity index (χ2n) is 9.18. The molecule has 2 N–H and O–H groups in total. The van der Waals surface area contributed by atoms with Crippen LogP contribution < -0.4 is 15.4 Å². The third-order valence-electron chi connectivity index (χ3n) is 6.73. The quantitative estimate of drug-likeness (QED) is 0.235. The Morgan fingerprint density at radius 2 is 1.88 bits per heavy atom. The Balaban J connectivity index is 0.00000274. The van der Waals surface area contributed by atoms with E-state index in [1.54, 1.807) is 0 Å². The van der Waals surface area contributed by atoms with E-state index in [0.717, 1.165) is 44.1 Å². The molecule has 0 bridgehead atoms. The van der Waals surface area contributed by atoms with Gasteiger partial charge in [-0.3, -0.25) is 0 Å². The van der Waals surface area contributed by atoms with Crippen LogP contribution in [0.25, 0.3) is 0 Å². The maximum atomic E-state index is 6.52. The van der Waals surface area contributed by atoms with Gasteiger partial charge in [0.1, 0.15) is 11.4 Å². The summed E-state index contributed by atoms with van der Waals surface area (Å²) in [6.45, 7) is 4.40. The molecule has 1 unspecified atom stereocenters. The van der Waals surface area contributed by atoms with Crippen molar-refractivity contribution in [3.05, 3.63) is 83.9 Å². The fourth-order valence-corrected chi connectivity index (χ4v) is 5.07. The van der Waals surface area contributed by atoms with Crippen molar-refractivity contribution in [1.29, 1.82) is 0 Å². The summed E-state index contributed by atoms with van der Waals surface area (Å²) in [7, 11) is 0. The summed E-state index contributed by atoms with van der Waals surface area (Å²) >= 11 is 0.